The highest BCUT2D eigenvalue weighted by Gasteiger charge is 2.23. The van der Waals surface area contributed by atoms with Crippen LogP contribution in [-0.2, 0) is 11.3 Å². The Hall–Kier alpha value is -3.04. The van der Waals surface area contributed by atoms with Gasteiger partial charge in [-0.25, -0.2) is 0 Å². The summed E-state index contributed by atoms with van der Waals surface area (Å²) in [5.41, 5.74) is 1.61. The topological polar surface area (TPSA) is 81.5 Å². The molecule has 0 spiro atoms. The summed E-state index contributed by atoms with van der Waals surface area (Å²) in [6.07, 6.45) is 3.72. The standard InChI is InChI=1S/C25H31N5O3S/c1-18(24(31)26-19-14-21(32-2)16-22(15-19)33-3)34-25-28-27-23(17-29-12-8-5-9-13-29)30(25)20-10-6-4-7-11-20/h4,6-7,10-11,14-16,18H,5,8-9,12-13,17H2,1-3H3,(H,26,31). The third-order valence-corrected chi connectivity index (χ3v) is 6.84. The molecule has 9 heteroatoms. The molecule has 1 amide bonds. The number of para-hydroxylation sites is 1. The lowest BCUT2D eigenvalue weighted by molar-refractivity contribution is -0.115. The van der Waals surface area contributed by atoms with Gasteiger partial charge in [0.25, 0.3) is 0 Å². The van der Waals surface area contributed by atoms with Crippen LogP contribution in [0.4, 0.5) is 5.69 Å². The van der Waals surface area contributed by atoms with E-state index in [2.05, 4.69) is 25.0 Å². The SMILES string of the molecule is COc1cc(NC(=O)C(C)Sc2nnc(CN3CCCCC3)n2-c2ccccc2)cc(OC)c1. The molecule has 8 nitrogen and oxygen atoms in total. The molecule has 3 aromatic rings. The first-order chi connectivity index (χ1) is 16.6. The number of piperidine rings is 1. The maximum absolute atomic E-state index is 13.0. The van der Waals surface area contributed by atoms with Gasteiger partial charge in [-0.05, 0) is 45.0 Å². The van der Waals surface area contributed by atoms with E-state index in [-0.39, 0.29) is 5.91 Å². The van der Waals surface area contributed by atoms with Crippen LogP contribution in [-0.4, -0.2) is 58.1 Å². The van der Waals surface area contributed by atoms with Crippen molar-refractivity contribution in [2.75, 3.05) is 32.6 Å². The van der Waals surface area contributed by atoms with Gasteiger partial charge < -0.3 is 14.8 Å². The number of hydrogen-bond acceptors (Lipinski definition) is 7. The van der Waals surface area contributed by atoms with Crippen molar-refractivity contribution in [3.8, 4) is 17.2 Å². The molecule has 1 unspecified atom stereocenters. The lowest BCUT2D eigenvalue weighted by Gasteiger charge is -2.26. The van der Waals surface area contributed by atoms with E-state index >= 15 is 0 Å². The van der Waals surface area contributed by atoms with Gasteiger partial charge in [0, 0.05) is 29.6 Å². The van der Waals surface area contributed by atoms with Gasteiger partial charge in [-0.2, -0.15) is 0 Å². The van der Waals surface area contributed by atoms with Gasteiger partial charge in [0.05, 0.1) is 26.0 Å². The summed E-state index contributed by atoms with van der Waals surface area (Å²) in [4.78, 5) is 15.4. The number of methoxy groups -OCH3 is 2. The average Bonchev–Trinajstić information content (AvgIpc) is 3.26. The van der Waals surface area contributed by atoms with Gasteiger partial charge in [0.2, 0.25) is 5.91 Å². The van der Waals surface area contributed by atoms with Crippen LogP contribution in [0, 0.1) is 0 Å². The Balaban J connectivity index is 1.53. The molecule has 2 heterocycles. The molecule has 0 radical (unpaired) electrons. The van der Waals surface area contributed by atoms with Crippen LogP contribution in [0.3, 0.4) is 0 Å². The number of carbonyl (C=O) groups excluding carboxylic acids is 1. The second kappa shape index (κ2) is 11.4. The van der Waals surface area contributed by atoms with Crippen LogP contribution in [0.1, 0.15) is 32.0 Å². The molecule has 1 atom stereocenters. The monoisotopic (exact) mass is 481 g/mol. The van der Waals surface area contributed by atoms with E-state index in [1.165, 1.54) is 31.0 Å². The summed E-state index contributed by atoms with van der Waals surface area (Å²) in [5.74, 6) is 1.98. The number of thioether (sulfide) groups is 1. The number of hydrogen-bond donors (Lipinski definition) is 1. The van der Waals surface area contributed by atoms with E-state index in [1.54, 1.807) is 32.4 Å². The van der Waals surface area contributed by atoms with Crippen molar-refractivity contribution >= 4 is 23.4 Å². The van der Waals surface area contributed by atoms with E-state index in [4.69, 9.17) is 9.47 Å². The van der Waals surface area contributed by atoms with Crippen LogP contribution in [0.2, 0.25) is 0 Å². The van der Waals surface area contributed by atoms with E-state index in [0.717, 1.165) is 31.1 Å². The molecule has 4 rings (SSSR count). The van der Waals surface area contributed by atoms with Gasteiger partial charge in [0.15, 0.2) is 11.0 Å². The van der Waals surface area contributed by atoms with Crippen molar-refractivity contribution in [3.05, 3.63) is 54.4 Å². The van der Waals surface area contributed by atoms with E-state index < -0.39 is 5.25 Å². The molecule has 1 fully saturated rings. The van der Waals surface area contributed by atoms with Crippen molar-refractivity contribution in [2.45, 2.75) is 43.1 Å². The maximum atomic E-state index is 13.0. The minimum absolute atomic E-state index is 0.138. The number of benzene rings is 2. The largest absolute Gasteiger partial charge is 0.497 e. The number of aromatic nitrogens is 3. The van der Waals surface area contributed by atoms with Crippen LogP contribution in [0.5, 0.6) is 11.5 Å². The van der Waals surface area contributed by atoms with Gasteiger partial charge in [-0.1, -0.05) is 36.4 Å². The highest BCUT2D eigenvalue weighted by atomic mass is 32.2. The lowest BCUT2D eigenvalue weighted by Crippen LogP contribution is -2.30. The van der Waals surface area contributed by atoms with Gasteiger partial charge in [-0.3, -0.25) is 14.3 Å². The summed E-state index contributed by atoms with van der Waals surface area (Å²) in [6.45, 7) is 4.76. The van der Waals surface area contributed by atoms with Crippen molar-refractivity contribution in [2.24, 2.45) is 0 Å². The first-order valence-electron chi connectivity index (χ1n) is 11.5. The Bertz CT molecular complexity index is 1080. The number of amides is 1. The Morgan fingerprint density at radius 3 is 2.35 bits per heavy atom. The fourth-order valence-electron chi connectivity index (χ4n) is 3.97. The second-order valence-corrected chi connectivity index (χ2v) is 9.57. The number of nitrogens with one attached hydrogen (secondary N) is 1. The number of likely N-dealkylation sites (tertiary alicyclic amines) is 1. The maximum Gasteiger partial charge on any atom is 0.237 e. The fraction of sp³-hybridized carbons (Fsp3) is 0.400. The zero-order valence-electron chi connectivity index (χ0n) is 19.9. The Morgan fingerprint density at radius 1 is 1.03 bits per heavy atom. The molecule has 1 N–H and O–H groups in total. The summed E-state index contributed by atoms with van der Waals surface area (Å²) in [6, 6.07) is 15.4. The zero-order valence-corrected chi connectivity index (χ0v) is 20.7. The van der Waals surface area contributed by atoms with E-state index in [1.807, 2.05) is 37.3 Å². The molecule has 0 bridgehead atoms. The van der Waals surface area contributed by atoms with Crippen LogP contribution >= 0.6 is 11.8 Å². The third-order valence-electron chi connectivity index (χ3n) is 5.80. The normalized spacial score (nSPS) is 15.0. The first-order valence-corrected chi connectivity index (χ1v) is 12.4. The highest BCUT2D eigenvalue weighted by molar-refractivity contribution is 8.00. The number of nitrogens with zero attached hydrogens (tertiary/aromatic N) is 4. The van der Waals surface area contributed by atoms with Crippen molar-refractivity contribution in [3.63, 3.8) is 0 Å². The van der Waals surface area contributed by atoms with Gasteiger partial charge in [0.1, 0.15) is 11.5 Å². The molecule has 34 heavy (non-hydrogen) atoms. The highest BCUT2D eigenvalue weighted by Crippen LogP contribution is 2.29. The summed E-state index contributed by atoms with van der Waals surface area (Å²) < 4.78 is 12.7. The molecule has 0 aliphatic carbocycles. The van der Waals surface area contributed by atoms with Gasteiger partial charge in [-0.15, -0.1) is 10.2 Å². The molecule has 1 aliphatic rings. The average molecular weight is 482 g/mol. The van der Waals surface area contributed by atoms with Crippen molar-refractivity contribution in [1.29, 1.82) is 0 Å². The Morgan fingerprint density at radius 2 is 1.71 bits per heavy atom. The summed E-state index contributed by atoms with van der Waals surface area (Å²) in [5, 5.41) is 12.2. The minimum Gasteiger partial charge on any atom is -0.497 e. The van der Waals surface area contributed by atoms with Gasteiger partial charge >= 0.3 is 0 Å². The second-order valence-electron chi connectivity index (χ2n) is 8.26. The van der Waals surface area contributed by atoms with Crippen LogP contribution in [0.15, 0.2) is 53.7 Å². The van der Waals surface area contributed by atoms with Crippen LogP contribution < -0.4 is 14.8 Å². The zero-order chi connectivity index (χ0) is 23.9. The fourth-order valence-corrected chi connectivity index (χ4v) is 4.85. The molecular weight excluding hydrogens is 450 g/mol. The third kappa shape index (κ3) is 5.90. The molecule has 0 saturated carbocycles. The number of rotatable bonds is 9. The minimum atomic E-state index is -0.397. The quantitative estimate of drug-likeness (QED) is 0.454. The number of ether oxygens (including phenoxy) is 2. The number of carbonyl (C=O) groups is 1. The Labute approximate surface area is 204 Å². The molecule has 1 aliphatic heterocycles. The van der Waals surface area contributed by atoms with E-state index in [9.17, 15) is 4.79 Å². The van der Waals surface area contributed by atoms with Crippen LogP contribution in [0.25, 0.3) is 5.69 Å². The van der Waals surface area contributed by atoms with Crippen molar-refractivity contribution < 1.29 is 14.3 Å². The number of anilines is 1. The predicted octanol–water partition coefficient (Wildman–Crippen LogP) is 4.39. The smallest absolute Gasteiger partial charge is 0.237 e. The molecule has 2 aromatic carbocycles. The molecule has 1 aromatic heterocycles. The molecular formula is C25H31N5O3S. The first kappa shape index (κ1) is 24.1. The Kier molecular flexibility index (Phi) is 8.08. The lowest BCUT2D eigenvalue weighted by atomic mass is 10.1. The predicted molar refractivity (Wildman–Crippen MR) is 134 cm³/mol. The van der Waals surface area contributed by atoms with Crippen molar-refractivity contribution in [1.82, 2.24) is 19.7 Å². The van der Waals surface area contributed by atoms with E-state index in [0.29, 0.717) is 22.3 Å². The summed E-state index contributed by atoms with van der Waals surface area (Å²) >= 11 is 1.39. The molecule has 180 valence electrons. The summed E-state index contributed by atoms with van der Waals surface area (Å²) in [7, 11) is 3.16. The molecule has 1 saturated heterocycles.